The number of nitrogens with one attached hydrogen (secondary N) is 1. The highest BCUT2D eigenvalue weighted by Gasteiger charge is 2.26. The number of rotatable bonds is 4. The lowest BCUT2D eigenvalue weighted by Gasteiger charge is -2.15. The smallest absolute Gasteiger partial charge is 0.228 e. The Balaban J connectivity index is 1.48. The van der Waals surface area contributed by atoms with Crippen LogP contribution in [0.25, 0.3) is 0 Å². The first-order chi connectivity index (χ1) is 11.9. The van der Waals surface area contributed by atoms with Gasteiger partial charge in [-0.1, -0.05) is 6.07 Å². The molecular formula is C17H17N7. The van der Waals surface area contributed by atoms with Crippen LogP contribution in [0.15, 0.2) is 55.1 Å². The summed E-state index contributed by atoms with van der Waals surface area (Å²) in [5, 5.41) is 3.14. The summed E-state index contributed by atoms with van der Waals surface area (Å²) in [4.78, 5) is 24.0. The van der Waals surface area contributed by atoms with Crippen LogP contribution >= 0.6 is 0 Å². The Morgan fingerprint density at radius 1 is 0.917 bits per heavy atom. The lowest BCUT2D eigenvalue weighted by Crippen LogP contribution is -2.21. The summed E-state index contributed by atoms with van der Waals surface area (Å²) < 4.78 is 0. The largest absolute Gasteiger partial charge is 0.340 e. The first-order valence-electron chi connectivity index (χ1n) is 7.91. The van der Waals surface area contributed by atoms with Crippen LogP contribution in [0.3, 0.4) is 0 Å². The van der Waals surface area contributed by atoms with Crippen LogP contribution in [-0.4, -0.2) is 38.0 Å². The van der Waals surface area contributed by atoms with Crippen molar-refractivity contribution >= 4 is 17.7 Å². The molecule has 7 nitrogen and oxygen atoms in total. The molecule has 0 radical (unpaired) electrons. The second-order valence-corrected chi connectivity index (χ2v) is 5.63. The molecule has 1 aliphatic rings. The zero-order valence-corrected chi connectivity index (χ0v) is 13.1. The zero-order valence-electron chi connectivity index (χ0n) is 13.1. The molecule has 1 aliphatic heterocycles. The first kappa shape index (κ1) is 14.5. The molecule has 1 atom stereocenters. The van der Waals surface area contributed by atoms with Crippen LogP contribution in [0, 0.1) is 0 Å². The fraction of sp³-hybridized carbons (Fsp3) is 0.235. The molecule has 0 aromatic carbocycles. The van der Waals surface area contributed by atoms with Gasteiger partial charge in [-0.3, -0.25) is 0 Å². The molecule has 0 saturated carbocycles. The van der Waals surface area contributed by atoms with Crippen LogP contribution < -0.4 is 10.2 Å². The van der Waals surface area contributed by atoms with Crippen molar-refractivity contribution in [3.8, 4) is 0 Å². The summed E-state index contributed by atoms with van der Waals surface area (Å²) in [7, 11) is 0. The molecule has 0 spiro atoms. The number of hydrogen-bond acceptors (Lipinski definition) is 7. The third-order valence-electron chi connectivity index (χ3n) is 4.02. The highest BCUT2D eigenvalue weighted by atomic mass is 15.3. The summed E-state index contributed by atoms with van der Waals surface area (Å²) >= 11 is 0. The van der Waals surface area contributed by atoms with Crippen molar-refractivity contribution in [3.05, 3.63) is 60.8 Å². The molecule has 1 fully saturated rings. The lowest BCUT2D eigenvalue weighted by molar-refractivity contribution is 0.739. The molecule has 3 aromatic heterocycles. The summed E-state index contributed by atoms with van der Waals surface area (Å²) in [5.74, 6) is 2.43. The van der Waals surface area contributed by atoms with Crippen LogP contribution in [0.5, 0.6) is 0 Å². The molecule has 1 saturated heterocycles. The fourth-order valence-electron chi connectivity index (χ4n) is 2.85. The minimum absolute atomic E-state index is 0.348. The van der Waals surface area contributed by atoms with E-state index in [0.29, 0.717) is 11.9 Å². The topological polar surface area (TPSA) is 79.7 Å². The minimum Gasteiger partial charge on any atom is -0.340 e. The van der Waals surface area contributed by atoms with Crippen molar-refractivity contribution in [3.63, 3.8) is 0 Å². The Hall–Kier alpha value is -3.09. The van der Waals surface area contributed by atoms with Crippen LogP contribution in [0.2, 0.25) is 0 Å². The van der Waals surface area contributed by atoms with Gasteiger partial charge < -0.3 is 10.2 Å². The predicted octanol–water partition coefficient (Wildman–Crippen LogP) is 2.40. The van der Waals surface area contributed by atoms with E-state index in [-0.39, 0.29) is 0 Å². The first-order valence-corrected chi connectivity index (χ1v) is 7.91. The van der Waals surface area contributed by atoms with Gasteiger partial charge in [0.15, 0.2) is 0 Å². The van der Waals surface area contributed by atoms with Gasteiger partial charge in [-0.15, -0.1) is 0 Å². The number of pyridine rings is 1. The third kappa shape index (κ3) is 3.15. The van der Waals surface area contributed by atoms with Crippen molar-refractivity contribution in [1.29, 1.82) is 0 Å². The van der Waals surface area contributed by atoms with Gasteiger partial charge in [-0.2, -0.15) is 0 Å². The number of anilines is 3. The van der Waals surface area contributed by atoms with Gasteiger partial charge in [0.05, 0.1) is 5.69 Å². The zero-order chi connectivity index (χ0) is 16.2. The Bertz CT molecular complexity index is 794. The van der Waals surface area contributed by atoms with Gasteiger partial charge in [-0.05, 0) is 30.7 Å². The highest BCUT2D eigenvalue weighted by molar-refractivity contribution is 5.47. The molecule has 0 unspecified atom stereocenters. The molecule has 120 valence electrons. The third-order valence-corrected chi connectivity index (χ3v) is 4.02. The van der Waals surface area contributed by atoms with E-state index in [1.807, 2.05) is 30.3 Å². The molecule has 1 N–H and O–H groups in total. The summed E-state index contributed by atoms with van der Waals surface area (Å²) in [6.45, 7) is 1.80. The summed E-state index contributed by atoms with van der Waals surface area (Å²) in [6.07, 6.45) is 8.10. The molecule has 7 heteroatoms. The van der Waals surface area contributed by atoms with Crippen molar-refractivity contribution < 1.29 is 0 Å². The van der Waals surface area contributed by atoms with Gasteiger partial charge in [0, 0.05) is 43.8 Å². The predicted molar refractivity (Wildman–Crippen MR) is 91.2 cm³/mol. The average Bonchev–Trinajstić information content (AvgIpc) is 3.14. The van der Waals surface area contributed by atoms with Crippen LogP contribution in [-0.2, 0) is 0 Å². The van der Waals surface area contributed by atoms with E-state index in [4.69, 9.17) is 0 Å². The van der Waals surface area contributed by atoms with Crippen molar-refractivity contribution in [2.45, 2.75) is 12.3 Å². The minimum atomic E-state index is 0.348. The number of nitrogens with zero attached hydrogens (tertiary/aromatic N) is 6. The lowest BCUT2D eigenvalue weighted by atomic mass is 10.1. The average molecular weight is 319 g/mol. The van der Waals surface area contributed by atoms with E-state index in [1.165, 1.54) is 0 Å². The standard InChI is InChI=1S/C17H17N7/c1-2-7-18-15(4-1)23-16-19-10-5-14(22-16)13-6-11-24(12-13)17-20-8-3-9-21-17/h1-5,7-10,13H,6,11-12H2,(H,18,19,22,23)/t13-/m0/s1. The summed E-state index contributed by atoms with van der Waals surface area (Å²) in [6, 6.07) is 9.50. The maximum Gasteiger partial charge on any atom is 0.228 e. The Morgan fingerprint density at radius 2 is 1.79 bits per heavy atom. The van der Waals surface area contributed by atoms with E-state index in [9.17, 15) is 0 Å². The molecule has 4 heterocycles. The second kappa shape index (κ2) is 6.57. The van der Waals surface area contributed by atoms with Crippen molar-refractivity contribution in [2.24, 2.45) is 0 Å². The highest BCUT2D eigenvalue weighted by Crippen LogP contribution is 2.28. The molecule has 0 amide bonds. The maximum atomic E-state index is 4.65. The normalized spacial score (nSPS) is 17.0. The Kier molecular flexibility index (Phi) is 3.97. The molecule has 24 heavy (non-hydrogen) atoms. The monoisotopic (exact) mass is 319 g/mol. The van der Waals surface area contributed by atoms with E-state index < -0.39 is 0 Å². The number of hydrogen-bond donors (Lipinski definition) is 1. The van der Waals surface area contributed by atoms with Gasteiger partial charge in [-0.25, -0.2) is 24.9 Å². The molecular weight excluding hydrogens is 302 g/mol. The molecule has 3 aromatic rings. The number of aromatic nitrogens is 5. The van der Waals surface area contributed by atoms with E-state index >= 15 is 0 Å². The van der Waals surface area contributed by atoms with Crippen molar-refractivity contribution in [2.75, 3.05) is 23.3 Å². The van der Waals surface area contributed by atoms with Gasteiger partial charge in [0.2, 0.25) is 11.9 Å². The maximum absolute atomic E-state index is 4.65. The van der Waals surface area contributed by atoms with Crippen molar-refractivity contribution in [1.82, 2.24) is 24.9 Å². The van der Waals surface area contributed by atoms with Gasteiger partial charge >= 0.3 is 0 Å². The summed E-state index contributed by atoms with van der Waals surface area (Å²) in [5.41, 5.74) is 1.03. The SMILES string of the molecule is c1ccc(Nc2nccc([C@H]3CCN(c4ncccn4)C3)n2)nc1. The Morgan fingerprint density at radius 3 is 2.62 bits per heavy atom. The van der Waals surface area contributed by atoms with E-state index in [2.05, 4.69) is 35.1 Å². The second-order valence-electron chi connectivity index (χ2n) is 5.63. The molecule has 0 bridgehead atoms. The molecule has 4 rings (SSSR count). The quantitative estimate of drug-likeness (QED) is 0.791. The van der Waals surface area contributed by atoms with Crippen LogP contribution in [0.1, 0.15) is 18.0 Å². The van der Waals surface area contributed by atoms with E-state index in [1.54, 1.807) is 24.8 Å². The van der Waals surface area contributed by atoms with Gasteiger partial charge in [0.25, 0.3) is 0 Å². The fourth-order valence-corrected chi connectivity index (χ4v) is 2.85. The molecule has 0 aliphatic carbocycles. The van der Waals surface area contributed by atoms with E-state index in [0.717, 1.165) is 37.0 Å². The Labute approximate surface area is 139 Å². The van der Waals surface area contributed by atoms with Crippen LogP contribution in [0.4, 0.5) is 17.7 Å². The van der Waals surface area contributed by atoms with Gasteiger partial charge in [0.1, 0.15) is 5.82 Å².